The average molecular weight is 330 g/mol. The van der Waals surface area contributed by atoms with Crippen molar-refractivity contribution in [2.45, 2.75) is 39.3 Å². The lowest BCUT2D eigenvalue weighted by Crippen LogP contribution is -2.42. The number of nitrogens with zero attached hydrogens (tertiary/aromatic N) is 3. The molecular formula is C18H26N4O2. The van der Waals surface area contributed by atoms with Crippen LogP contribution in [0.15, 0.2) is 24.3 Å². The molecule has 2 aromatic rings. The largest absolute Gasteiger partial charge is 0.392 e. The zero-order chi connectivity index (χ0) is 17.1. The average Bonchev–Trinajstić information content (AvgIpc) is 2.98. The second-order valence-electron chi connectivity index (χ2n) is 6.50. The summed E-state index contributed by atoms with van der Waals surface area (Å²) in [5.74, 6) is 1.08. The van der Waals surface area contributed by atoms with Gasteiger partial charge in [0.05, 0.1) is 17.1 Å². The highest BCUT2D eigenvalue weighted by molar-refractivity contribution is 5.80. The lowest BCUT2D eigenvalue weighted by Gasteiger charge is -2.32. The summed E-state index contributed by atoms with van der Waals surface area (Å²) in [6.07, 6.45) is 1.13. The Kier molecular flexibility index (Phi) is 5.04. The number of piperidine rings is 1. The molecule has 0 saturated carbocycles. The van der Waals surface area contributed by atoms with Gasteiger partial charge in [0.2, 0.25) is 11.9 Å². The van der Waals surface area contributed by atoms with Gasteiger partial charge in [-0.1, -0.05) is 12.1 Å². The van der Waals surface area contributed by atoms with E-state index in [2.05, 4.69) is 27.8 Å². The van der Waals surface area contributed by atoms with E-state index >= 15 is 0 Å². The topological polar surface area (TPSA) is 70.4 Å². The molecule has 1 aromatic carbocycles. The minimum atomic E-state index is -0.501. The molecule has 6 heteroatoms. The molecule has 0 bridgehead atoms. The summed E-state index contributed by atoms with van der Waals surface area (Å²) in [4.78, 5) is 19.2. The fourth-order valence-corrected chi connectivity index (χ4v) is 3.35. The van der Waals surface area contributed by atoms with E-state index in [1.807, 2.05) is 18.2 Å². The van der Waals surface area contributed by atoms with Gasteiger partial charge in [-0.25, -0.2) is 4.98 Å². The maximum Gasteiger partial charge on any atom is 0.223 e. The summed E-state index contributed by atoms with van der Waals surface area (Å²) in [5, 5.41) is 12.1. The van der Waals surface area contributed by atoms with Crippen LogP contribution in [0.1, 0.15) is 26.7 Å². The van der Waals surface area contributed by atoms with Crippen LogP contribution in [0.3, 0.4) is 0 Å². The summed E-state index contributed by atoms with van der Waals surface area (Å²) >= 11 is 0. The van der Waals surface area contributed by atoms with Crippen molar-refractivity contribution in [2.75, 3.05) is 24.5 Å². The summed E-state index contributed by atoms with van der Waals surface area (Å²) in [7, 11) is 0. The van der Waals surface area contributed by atoms with E-state index < -0.39 is 6.10 Å². The van der Waals surface area contributed by atoms with Crippen molar-refractivity contribution in [1.29, 1.82) is 0 Å². The fraction of sp³-hybridized carbons (Fsp3) is 0.556. The second-order valence-corrected chi connectivity index (χ2v) is 6.50. The van der Waals surface area contributed by atoms with Gasteiger partial charge in [0.25, 0.3) is 0 Å². The van der Waals surface area contributed by atoms with Gasteiger partial charge in [-0.05, 0) is 38.8 Å². The van der Waals surface area contributed by atoms with Crippen LogP contribution < -0.4 is 10.2 Å². The molecular weight excluding hydrogens is 304 g/mol. The van der Waals surface area contributed by atoms with Crippen molar-refractivity contribution in [3.8, 4) is 0 Å². The molecule has 1 amide bonds. The second kappa shape index (κ2) is 7.21. The van der Waals surface area contributed by atoms with Crippen LogP contribution in [-0.2, 0) is 11.3 Å². The smallest absolute Gasteiger partial charge is 0.223 e. The minimum absolute atomic E-state index is 0.0273. The van der Waals surface area contributed by atoms with E-state index in [9.17, 15) is 9.90 Å². The maximum absolute atomic E-state index is 12.1. The number of para-hydroxylation sites is 2. The first-order chi connectivity index (χ1) is 11.6. The molecule has 0 radical (unpaired) electrons. The zero-order valence-corrected chi connectivity index (χ0v) is 14.4. The van der Waals surface area contributed by atoms with Crippen LogP contribution in [0.25, 0.3) is 11.0 Å². The molecule has 1 aliphatic heterocycles. The number of anilines is 1. The first-order valence-electron chi connectivity index (χ1n) is 8.76. The zero-order valence-electron chi connectivity index (χ0n) is 14.4. The van der Waals surface area contributed by atoms with E-state index in [4.69, 9.17) is 4.98 Å². The van der Waals surface area contributed by atoms with Crippen molar-refractivity contribution in [1.82, 2.24) is 14.9 Å². The fourth-order valence-electron chi connectivity index (χ4n) is 3.35. The van der Waals surface area contributed by atoms with Gasteiger partial charge in [-0.2, -0.15) is 0 Å². The highest BCUT2D eigenvalue weighted by Gasteiger charge is 2.27. The summed E-state index contributed by atoms with van der Waals surface area (Å²) in [6.45, 7) is 6.67. The van der Waals surface area contributed by atoms with Gasteiger partial charge in [-0.3, -0.25) is 4.79 Å². The van der Waals surface area contributed by atoms with Crippen molar-refractivity contribution < 1.29 is 9.90 Å². The van der Waals surface area contributed by atoms with Crippen LogP contribution in [0.4, 0.5) is 5.95 Å². The number of hydrogen-bond donors (Lipinski definition) is 2. The molecule has 130 valence electrons. The molecule has 1 aromatic heterocycles. The van der Waals surface area contributed by atoms with E-state index in [1.54, 1.807) is 6.92 Å². The molecule has 0 aliphatic carbocycles. The maximum atomic E-state index is 12.1. The Bertz CT molecular complexity index is 702. The van der Waals surface area contributed by atoms with Crippen LogP contribution >= 0.6 is 0 Å². The predicted molar refractivity (Wildman–Crippen MR) is 95.0 cm³/mol. The van der Waals surface area contributed by atoms with Crippen LogP contribution in [0.5, 0.6) is 0 Å². The standard InChI is InChI=1S/C18H26N4O2/c1-3-22-16-7-5-4-6-15(16)20-18(22)21-10-8-14(9-11-21)17(24)19-12-13(2)23/h4-7,13-14,23H,3,8-12H2,1-2H3,(H,19,24)/t13-/m1/s1. The molecule has 1 saturated heterocycles. The number of fused-ring (bicyclic) bond motifs is 1. The molecule has 0 unspecified atom stereocenters. The van der Waals surface area contributed by atoms with Crippen molar-refractivity contribution >= 4 is 22.9 Å². The number of aromatic nitrogens is 2. The third-order valence-electron chi connectivity index (χ3n) is 4.67. The normalized spacial score (nSPS) is 17.2. The van der Waals surface area contributed by atoms with Crippen molar-refractivity contribution in [3.05, 3.63) is 24.3 Å². The number of rotatable bonds is 5. The number of carbonyl (C=O) groups excluding carboxylic acids is 1. The van der Waals surface area contributed by atoms with Gasteiger partial charge in [0, 0.05) is 32.1 Å². The van der Waals surface area contributed by atoms with Crippen LogP contribution in [0, 0.1) is 5.92 Å². The number of benzene rings is 1. The first-order valence-corrected chi connectivity index (χ1v) is 8.76. The van der Waals surface area contributed by atoms with Crippen molar-refractivity contribution in [3.63, 3.8) is 0 Å². The Balaban J connectivity index is 1.68. The Morgan fingerprint density at radius 1 is 1.38 bits per heavy atom. The molecule has 2 heterocycles. The third kappa shape index (κ3) is 3.38. The summed E-state index contributed by atoms with van der Waals surface area (Å²) < 4.78 is 2.24. The number of carbonyl (C=O) groups is 1. The SMILES string of the molecule is CCn1c(N2CCC(C(=O)NC[C@@H](C)O)CC2)nc2ccccc21. The third-order valence-corrected chi connectivity index (χ3v) is 4.67. The molecule has 2 N–H and O–H groups in total. The molecule has 3 rings (SSSR count). The van der Waals surface area contributed by atoms with E-state index in [-0.39, 0.29) is 11.8 Å². The van der Waals surface area contributed by atoms with Gasteiger partial charge >= 0.3 is 0 Å². The predicted octanol–water partition coefficient (Wildman–Crippen LogP) is 1.77. The van der Waals surface area contributed by atoms with E-state index in [0.717, 1.165) is 49.5 Å². The highest BCUT2D eigenvalue weighted by Crippen LogP contribution is 2.26. The number of aryl methyl sites for hydroxylation is 1. The molecule has 24 heavy (non-hydrogen) atoms. The molecule has 6 nitrogen and oxygen atoms in total. The molecule has 1 fully saturated rings. The summed E-state index contributed by atoms with van der Waals surface area (Å²) in [5.41, 5.74) is 2.18. The Labute approximate surface area is 142 Å². The van der Waals surface area contributed by atoms with E-state index in [0.29, 0.717) is 6.54 Å². The monoisotopic (exact) mass is 330 g/mol. The first kappa shape index (κ1) is 16.8. The van der Waals surface area contributed by atoms with Gasteiger partial charge in [-0.15, -0.1) is 0 Å². The molecule has 1 atom stereocenters. The Morgan fingerprint density at radius 2 is 2.08 bits per heavy atom. The van der Waals surface area contributed by atoms with Crippen LogP contribution in [0.2, 0.25) is 0 Å². The molecule has 0 spiro atoms. The quantitative estimate of drug-likeness (QED) is 0.876. The number of nitrogens with one attached hydrogen (secondary N) is 1. The Morgan fingerprint density at radius 3 is 2.75 bits per heavy atom. The highest BCUT2D eigenvalue weighted by atomic mass is 16.3. The minimum Gasteiger partial charge on any atom is -0.392 e. The molecule has 1 aliphatic rings. The van der Waals surface area contributed by atoms with Gasteiger partial charge in [0.1, 0.15) is 0 Å². The van der Waals surface area contributed by atoms with Crippen LogP contribution in [-0.4, -0.2) is 46.3 Å². The van der Waals surface area contributed by atoms with Gasteiger partial charge < -0.3 is 19.9 Å². The Hall–Kier alpha value is -2.08. The van der Waals surface area contributed by atoms with Gasteiger partial charge in [0.15, 0.2) is 0 Å². The van der Waals surface area contributed by atoms with E-state index in [1.165, 1.54) is 0 Å². The van der Waals surface area contributed by atoms with Crippen molar-refractivity contribution in [2.24, 2.45) is 5.92 Å². The number of aliphatic hydroxyl groups excluding tert-OH is 1. The lowest BCUT2D eigenvalue weighted by atomic mass is 9.96. The number of amides is 1. The number of aliphatic hydroxyl groups is 1. The lowest BCUT2D eigenvalue weighted by molar-refractivity contribution is -0.126. The number of hydrogen-bond acceptors (Lipinski definition) is 4. The number of imidazole rings is 1. The summed E-state index contributed by atoms with van der Waals surface area (Å²) in [6, 6.07) is 8.20.